The molecule has 0 aliphatic heterocycles. The van der Waals surface area contributed by atoms with E-state index in [1.54, 1.807) is 73.4 Å². The van der Waals surface area contributed by atoms with Crippen LogP contribution in [0.15, 0.2) is 95.0 Å². The van der Waals surface area contributed by atoms with Crippen LogP contribution in [0, 0.1) is 6.92 Å². The molecule has 186 valence electrons. The van der Waals surface area contributed by atoms with Crippen molar-refractivity contribution in [3.05, 3.63) is 102 Å². The van der Waals surface area contributed by atoms with E-state index in [0.717, 1.165) is 22.0 Å². The maximum absolute atomic E-state index is 13.2. The van der Waals surface area contributed by atoms with E-state index < -0.39 is 10.0 Å². The number of carbonyl (C=O) groups is 1. The molecular formula is C27H28N4O3S2. The number of imidazole rings is 1. The summed E-state index contributed by atoms with van der Waals surface area (Å²) >= 11 is 1.56. The molecule has 0 saturated heterocycles. The lowest BCUT2D eigenvalue weighted by Gasteiger charge is -2.23. The minimum Gasteiger partial charge on any atom is -0.348 e. The fourth-order valence-electron chi connectivity index (χ4n) is 3.85. The summed E-state index contributed by atoms with van der Waals surface area (Å²) in [6.07, 6.45) is 5.60. The number of amides is 1. The molecule has 0 spiro atoms. The molecule has 0 saturated carbocycles. The van der Waals surface area contributed by atoms with Gasteiger partial charge >= 0.3 is 0 Å². The van der Waals surface area contributed by atoms with Crippen LogP contribution in [0.3, 0.4) is 0 Å². The van der Waals surface area contributed by atoms with Crippen LogP contribution < -0.4 is 9.62 Å². The van der Waals surface area contributed by atoms with E-state index in [9.17, 15) is 13.2 Å². The van der Waals surface area contributed by atoms with Gasteiger partial charge in [0.1, 0.15) is 5.82 Å². The molecule has 4 aromatic rings. The van der Waals surface area contributed by atoms with E-state index in [4.69, 9.17) is 0 Å². The van der Waals surface area contributed by atoms with Crippen molar-refractivity contribution < 1.29 is 13.2 Å². The molecule has 0 aliphatic carbocycles. The predicted octanol–water partition coefficient (Wildman–Crippen LogP) is 5.05. The fourth-order valence-corrected chi connectivity index (χ4v) is 5.74. The Morgan fingerprint density at radius 1 is 1.00 bits per heavy atom. The van der Waals surface area contributed by atoms with Gasteiger partial charge in [0, 0.05) is 41.6 Å². The van der Waals surface area contributed by atoms with Crippen LogP contribution in [0.2, 0.25) is 0 Å². The Balaban J connectivity index is 1.41. The average Bonchev–Trinajstić information content (AvgIpc) is 3.34. The van der Waals surface area contributed by atoms with Gasteiger partial charge in [-0.05, 0) is 86.3 Å². The summed E-state index contributed by atoms with van der Waals surface area (Å²) in [6, 6.07) is 21.3. The summed E-state index contributed by atoms with van der Waals surface area (Å²) in [5.74, 6) is 0.678. The van der Waals surface area contributed by atoms with Crippen LogP contribution in [-0.4, -0.2) is 36.7 Å². The molecule has 0 fully saturated rings. The van der Waals surface area contributed by atoms with E-state index in [1.807, 2.05) is 48.2 Å². The monoisotopic (exact) mass is 520 g/mol. The number of aryl methyl sites for hydroxylation is 1. The second kappa shape index (κ2) is 11.0. The van der Waals surface area contributed by atoms with Crippen LogP contribution in [0.5, 0.6) is 0 Å². The lowest BCUT2D eigenvalue weighted by Crippen LogP contribution is -2.31. The highest BCUT2D eigenvalue weighted by molar-refractivity contribution is 7.98. The maximum Gasteiger partial charge on any atom is 0.264 e. The molecule has 0 radical (unpaired) electrons. The standard InChI is InChI=1S/C27H28N4O3S2/c1-4-31(36(33,34)26-15-13-25(35-3)14-16-26)24-11-7-22(8-12-24)27(32)29-19-21-5-9-23(10-6-21)30-18-17-28-20(30)2/h5-18H,4,19H2,1-3H3,(H,29,32). The Bertz CT molecular complexity index is 1430. The Morgan fingerprint density at radius 2 is 1.67 bits per heavy atom. The molecule has 0 atom stereocenters. The minimum absolute atomic E-state index is 0.227. The van der Waals surface area contributed by atoms with Crippen LogP contribution in [-0.2, 0) is 16.6 Å². The largest absolute Gasteiger partial charge is 0.348 e. The van der Waals surface area contributed by atoms with Crippen molar-refractivity contribution in [2.75, 3.05) is 17.1 Å². The number of aromatic nitrogens is 2. The van der Waals surface area contributed by atoms with Gasteiger partial charge in [0.25, 0.3) is 15.9 Å². The minimum atomic E-state index is -3.71. The third kappa shape index (κ3) is 5.47. The molecule has 0 unspecified atom stereocenters. The van der Waals surface area contributed by atoms with Gasteiger partial charge in [0.05, 0.1) is 10.6 Å². The predicted molar refractivity (Wildman–Crippen MR) is 144 cm³/mol. The highest BCUT2D eigenvalue weighted by Gasteiger charge is 2.23. The van der Waals surface area contributed by atoms with Gasteiger partial charge in [-0.1, -0.05) is 12.1 Å². The topological polar surface area (TPSA) is 84.3 Å². The SMILES string of the molecule is CCN(c1ccc(C(=O)NCc2ccc(-n3ccnc3C)cc2)cc1)S(=O)(=O)c1ccc(SC)cc1. The van der Waals surface area contributed by atoms with E-state index in [-0.39, 0.29) is 17.3 Å². The van der Waals surface area contributed by atoms with Crippen molar-refractivity contribution in [2.45, 2.75) is 30.2 Å². The number of hydrogen-bond acceptors (Lipinski definition) is 5. The molecule has 1 amide bonds. The van der Waals surface area contributed by atoms with Crippen molar-refractivity contribution in [3.8, 4) is 5.69 Å². The molecule has 9 heteroatoms. The van der Waals surface area contributed by atoms with Crippen LogP contribution in [0.4, 0.5) is 5.69 Å². The van der Waals surface area contributed by atoms with Crippen LogP contribution in [0.1, 0.15) is 28.7 Å². The maximum atomic E-state index is 13.2. The second-order valence-corrected chi connectivity index (χ2v) is 10.8. The third-order valence-electron chi connectivity index (χ3n) is 5.85. The summed E-state index contributed by atoms with van der Waals surface area (Å²) < 4.78 is 29.7. The smallest absolute Gasteiger partial charge is 0.264 e. The molecule has 36 heavy (non-hydrogen) atoms. The first-order chi connectivity index (χ1) is 17.3. The Kier molecular flexibility index (Phi) is 7.81. The number of rotatable bonds is 9. The fraction of sp³-hybridized carbons (Fsp3) is 0.185. The molecule has 0 aliphatic rings. The Labute approximate surface area is 216 Å². The van der Waals surface area contributed by atoms with Gasteiger partial charge in [-0.15, -0.1) is 11.8 Å². The third-order valence-corrected chi connectivity index (χ3v) is 8.51. The summed E-state index contributed by atoms with van der Waals surface area (Å²) in [5.41, 5.74) is 2.94. The van der Waals surface area contributed by atoms with E-state index in [0.29, 0.717) is 17.8 Å². The number of hydrogen-bond donors (Lipinski definition) is 1. The molecule has 0 bridgehead atoms. The number of nitrogens with one attached hydrogen (secondary N) is 1. The van der Waals surface area contributed by atoms with Crippen LogP contribution >= 0.6 is 11.8 Å². The lowest BCUT2D eigenvalue weighted by molar-refractivity contribution is 0.0951. The zero-order chi connectivity index (χ0) is 25.7. The molecule has 1 heterocycles. The summed E-state index contributed by atoms with van der Waals surface area (Å²) in [5, 5.41) is 2.92. The Hall–Kier alpha value is -3.56. The van der Waals surface area contributed by atoms with Gasteiger partial charge in [-0.2, -0.15) is 0 Å². The zero-order valence-electron chi connectivity index (χ0n) is 20.4. The quantitative estimate of drug-likeness (QED) is 0.312. The molecule has 3 aromatic carbocycles. The van der Waals surface area contributed by atoms with Gasteiger partial charge in [-0.3, -0.25) is 9.10 Å². The van der Waals surface area contributed by atoms with Crippen molar-refractivity contribution in [1.29, 1.82) is 0 Å². The number of thioether (sulfide) groups is 1. The number of benzene rings is 3. The van der Waals surface area contributed by atoms with E-state index >= 15 is 0 Å². The first-order valence-corrected chi connectivity index (χ1v) is 14.1. The van der Waals surface area contributed by atoms with Crippen LogP contribution in [0.25, 0.3) is 5.69 Å². The zero-order valence-corrected chi connectivity index (χ0v) is 22.0. The number of sulfonamides is 1. The average molecular weight is 521 g/mol. The number of nitrogens with zero attached hydrogens (tertiary/aromatic N) is 3. The van der Waals surface area contributed by atoms with E-state index in [2.05, 4.69) is 10.3 Å². The van der Waals surface area contributed by atoms with Crippen molar-refractivity contribution in [2.24, 2.45) is 0 Å². The van der Waals surface area contributed by atoms with E-state index in [1.165, 1.54) is 4.31 Å². The summed E-state index contributed by atoms with van der Waals surface area (Å²) in [4.78, 5) is 18.2. The van der Waals surface area contributed by atoms with Gasteiger partial charge in [0.2, 0.25) is 0 Å². The molecule has 1 N–H and O–H groups in total. The first kappa shape index (κ1) is 25.5. The van der Waals surface area contributed by atoms with Gasteiger partial charge in [0.15, 0.2) is 0 Å². The normalized spacial score (nSPS) is 11.3. The van der Waals surface area contributed by atoms with Crippen molar-refractivity contribution >= 4 is 33.4 Å². The highest BCUT2D eigenvalue weighted by Crippen LogP contribution is 2.25. The summed E-state index contributed by atoms with van der Waals surface area (Å²) in [7, 11) is -3.71. The van der Waals surface area contributed by atoms with Gasteiger partial charge < -0.3 is 9.88 Å². The summed E-state index contributed by atoms with van der Waals surface area (Å²) in [6.45, 7) is 4.38. The second-order valence-electron chi connectivity index (χ2n) is 8.09. The molecule has 7 nitrogen and oxygen atoms in total. The highest BCUT2D eigenvalue weighted by atomic mass is 32.2. The number of carbonyl (C=O) groups excluding carboxylic acids is 1. The molecule has 4 rings (SSSR count). The van der Waals surface area contributed by atoms with Gasteiger partial charge in [-0.25, -0.2) is 13.4 Å². The first-order valence-electron chi connectivity index (χ1n) is 11.5. The lowest BCUT2D eigenvalue weighted by atomic mass is 10.1. The van der Waals surface area contributed by atoms with Crippen molar-refractivity contribution in [1.82, 2.24) is 14.9 Å². The van der Waals surface area contributed by atoms with Crippen molar-refractivity contribution in [3.63, 3.8) is 0 Å². The Morgan fingerprint density at radius 3 is 2.22 bits per heavy atom. The number of anilines is 1. The molecular weight excluding hydrogens is 492 g/mol. The molecule has 1 aromatic heterocycles.